The standard InChI is InChI=1S/C15H25N3O2.2ClH/c1-3-18(4-2)9-10-20-14-8-6-5-7-13(14)12-17-15(19)11-16;;/h5-8H,3-4,9-12,16H2,1-2H3,(H,17,19);2*1H. The molecule has 0 saturated heterocycles. The molecule has 0 atom stereocenters. The van der Waals surface area contributed by atoms with E-state index >= 15 is 0 Å². The van der Waals surface area contributed by atoms with Crippen LogP contribution in [0.1, 0.15) is 19.4 Å². The monoisotopic (exact) mass is 351 g/mol. The second-order valence-electron chi connectivity index (χ2n) is 4.46. The minimum atomic E-state index is -0.164. The first-order chi connectivity index (χ1) is 9.71. The summed E-state index contributed by atoms with van der Waals surface area (Å²) in [6.07, 6.45) is 0. The summed E-state index contributed by atoms with van der Waals surface area (Å²) in [5, 5.41) is 2.76. The third-order valence-electron chi connectivity index (χ3n) is 3.19. The van der Waals surface area contributed by atoms with Gasteiger partial charge in [-0.1, -0.05) is 32.0 Å². The van der Waals surface area contributed by atoms with Crippen molar-refractivity contribution in [2.45, 2.75) is 20.4 Å². The topological polar surface area (TPSA) is 67.6 Å². The minimum Gasteiger partial charge on any atom is -0.492 e. The number of carbonyl (C=O) groups excluding carboxylic acids is 1. The van der Waals surface area contributed by atoms with Crippen LogP contribution in [0.25, 0.3) is 0 Å². The number of benzene rings is 1. The summed E-state index contributed by atoms with van der Waals surface area (Å²) in [6, 6.07) is 7.73. The van der Waals surface area contributed by atoms with Crippen LogP contribution in [0.15, 0.2) is 24.3 Å². The molecule has 3 N–H and O–H groups in total. The SMILES string of the molecule is CCN(CC)CCOc1ccccc1CNC(=O)CN.Cl.Cl. The van der Waals surface area contributed by atoms with Gasteiger partial charge in [0.05, 0.1) is 6.54 Å². The molecule has 5 nitrogen and oxygen atoms in total. The van der Waals surface area contributed by atoms with Crippen molar-refractivity contribution >= 4 is 30.7 Å². The van der Waals surface area contributed by atoms with Gasteiger partial charge < -0.3 is 20.7 Å². The number of likely N-dealkylation sites (N-methyl/N-ethyl adjacent to an activating group) is 1. The van der Waals surface area contributed by atoms with Gasteiger partial charge in [-0.3, -0.25) is 4.79 Å². The molecule has 0 unspecified atom stereocenters. The number of ether oxygens (including phenoxy) is 1. The predicted molar refractivity (Wildman–Crippen MR) is 95.1 cm³/mol. The lowest BCUT2D eigenvalue weighted by Crippen LogP contribution is -2.30. The Hall–Kier alpha value is -1.01. The molecule has 0 aromatic heterocycles. The van der Waals surface area contributed by atoms with Gasteiger partial charge in [-0.25, -0.2) is 0 Å². The molecular weight excluding hydrogens is 325 g/mol. The normalized spacial score (nSPS) is 9.64. The summed E-state index contributed by atoms with van der Waals surface area (Å²) >= 11 is 0. The second-order valence-corrected chi connectivity index (χ2v) is 4.46. The number of carbonyl (C=O) groups is 1. The molecule has 1 aromatic carbocycles. The van der Waals surface area contributed by atoms with Gasteiger partial charge in [0.25, 0.3) is 0 Å². The van der Waals surface area contributed by atoms with E-state index in [1.807, 2.05) is 24.3 Å². The van der Waals surface area contributed by atoms with Crippen molar-refractivity contribution in [2.75, 3.05) is 32.8 Å². The highest BCUT2D eigenvalue weighted by Gasteiger charge is 2.05. The molecule has 0 bridgehead atoms. The van der Waals surface area contributed by atoms with Gasteiger partial charge in [-0.15, -0.1) is 24.8 Å². The van der Waals surface area contributed by atoms with E-state index in [-0.39, 0.29) is 37.3 Å². The molecule has 128 valence electrons. The molecule has 1 rings (SSSR count). The first-order valence-corrected chi connectivity index (χ1v) is 7.11. The highest BCUT2D eigenvalue weighted by molar-refractivity contribution is 5.85. The third kappa shape index (κ3) is 8.44. The fourth-order valence-electron chi connectivity index (χ4n) is 1.88. The average molecular weight is 352 g/mol. The summed E-state index contributed by atoms with van der Waals surface area (Å²) in [5.41, 5.74) is 6.24. The zero-order chi connectivity index (χ0) is 14.8. The molecule has 0 spiro atoms. The van der Waals surface area contributed by atoms with Crippen molar-refractivity contribution in [3.63, 3.8) is 0 Å². The van der Waals surface area contributed by atoms with Gasteiger partial charge in [0, 0.05) is 18.7 Å². The smallest absolute Gasteiger partial charge is 0.234 e. The Bertz CT molecular complexity index is 416. The maximum atomic E-state index is 11.2. The lowest BCUT2D eigenvalue weighted by atomic mass is 10.2. The van der Waals surface area contributed by atoms with E-state index in [2.05, 4.69) is 24.1 Å². The number of nitrogens with one attached hydrogen (secondary N) is 1. The van der Waals surface area contributed by atoms with Crippen LogP contribution in [-0.4, -0.2) is 43.6 Å². The average Bonchev–Trinajstić information content (AvgIpc) is 2.50. The molecule has 1 amide bonds. The Morgan fingerprint density at radius 2 is 1.86 bits per heavy atom. The quantitative estimate of drug-likeness (QED) is 0.712. The number of nitrogens with zero attached hydrogens (tertiary/aromatic N) is 1. The molecule has 0 aliphatic heterocycles. The van der Waals surface area contributed by atoms with E-state index in [1.54, 1.807) is 0 Å². The number of para-hydroxylation sites is 1. The van der Waals surface area contributed by atoms with Crippen molar-refractivity contribution in [3.8, 4) is 5.75 Å². The van der Waals surface area contributed by atoms with Crippen LogP contribution in [0.4, 0.5) is 0 Å². The summed E-state index contributed by atoms with van der Waals surface area (Å²) in [4.78, 5) is 13.5. The molecule has 0 radical (unpaired) electrons. The number of hydrogen-bond donors (Lipinski definition) is 2. The van der Waals surface area contributed by atoms with E-state index in [0.29, 0.717) is 13.2 Å². The van der Waals surface area contributed by atoms with Crippen molar-refractivity contribution in [2.24, 2.45) is 5.73 Å². The molecule has 0 aliphatic rings. The van der Waals surface area contributed by atoms with E-state index in [1.165, 1.54) is 0 Å². The van der Waals surface area contributed by atoms with Crippen LogP contribution in [0.2, 0.25) is 0 Å². The van der Waals surface area contributed by atoms with Gasteiger partial charge >= 0.3 is 0 Å². The lowest BCUT2D eigenvalue weighted by Gasteiger charge is -2.19. The first kappa shape index (κ1) is 23.3. The van der Waals surface area contributed by atoms with Crippen LogP contribution in [-0.2, 0) is 11.3 Å². The van der Waals surface area contributed by atoms with Crippen LogP contribution >= 0.6 is 24.8 Å². The Morgan fingerprint density at radius 3 is 2.45 bits per heavy atom. The van der Waals surface area contributed by atoms with E-state index in [0.717, 1.165) is 30.9 Å². The van der Waals surface area contributed by atoms with Gasteiger partial charge in [0.1, 0.15) is 12.4 Å². The largest absolute Gasteiger partial charge is 0.492 e. The summed E-state index contributed by atoms with van der Waals surface area (Å²) in [5.74, 6) is 0.653. The Kier molecular flexibility index (Phi) is 14.4. The maximum Gasteiger partial charge on any atom is 0.234 e. The molecule has 0 saturated carbocycles. The Morgan fingerprint density at radius 1 is 1.23 bits per heavy atom. The van der Waals surface area contributed by atoms with Crippen molar-refractivity contribution in [1.29, 1.82) is 0 Å². The molecule has 7 heteroatoms. The van der Waals surface area contributed by atoms with E-state index < -0.39 is 0 Å². The first-order valence-electron chi connectivity index (χ1n) is 7.11. The number of hydrogen-bond acceptors (Lipinski definition) is 4. The maximum absolute atomic E-state index is 11.2. The van der Waals surface area contributed by atoms with Crippen LogP contribution in [0.3, 0.4) is 0 Å². The summed E-state index contributed by atoms with van der Waals surface area (Å²) in [6.45, 7) is 8.31. The second kappa shape index (κ2) is 13.6. The van der Waals surface area contributed by atoms with Crippen LogP contribution in [0, 0.1) is 0 Å². The number of nitrogens with two attached hydrogens (primary N) is 1. The molecule has 0 heterocycles. The zero-order valence-corrected chi connectivity index (χ0v) is 14.8. The number of rotatable bonds is 9. The van der Waals surface area contributed by atoms with Crippen molar-refractivity contribution in [1.82, 2.24) is 10.2 Å². The van der Waals surface area contributed by atoms with Crippen molar-refractivity contribution < 1.29 is 9.53 Å². The van der Waals surface area contributed by atoms with Gasteiger partial charge in [0.2, 0.25) is 5.91 Å². The summed E-state index contributed by atoms with van der Waals surface area (Å²) < 4.78 is 5.81. The van der Waals surface area contributed by atoms with E-state index in [4.69, 9.17) is 10.5 Å². The lowest BCUT2D eigenvalue weighted by molar-refractivity contribution is -0.119. The van der Waals surface area contributed by atoms with Gasteiger partial charge in [-0.2, -0.15) is 0 Å². The fraction of sp³-hybridized carbons (Fsp3) is 0.533. The highest BCUT2D eigenvalue weighted by Crippen LogP contribution is 2.17. The van der Waals surface area contributed by atoms with Gasteiger partial charge in [0.15, 0.2) is 0 Å². The van der Waals surface area contributed by atoms with Crippen molar-refractivity contribution in [3.05, 3.63) is 29.8 Å². The predicted octanol–water partition coefficient (Wildman–Crippen LogP) is 1.83. The molecule has 0 aliphatic carbocycles. The molecular formula is C15H27Cl2N3O2. The molecule has 0 fully saturated rings. The Labute approximate surface area is 145 Å². The van der Waals surface area contributed by atoms with Crippen LogP contribution < -0.4 is 15.8 Å². The Balaban J connectivity index is 0. The van der Waals surface area contributed by atoms with E-state index in [9.17, 15) is 4.79 Å². The van der Waals surface area contributed by atoms with Gasteiger partial charge in [-0.05, 0) is 19.2 Å². The molecule has 1 aromatic rings. The third-order valence-corrected chi connectivity index (χ3v) is 3.19. The number of amides is 1. The summed E-state index contributed by atoms with van der Waals surface area (Å²) in [7, 11) is 0. The zero-order valence-electron chi connectivity index (χ0n) is 13.2. The molecule has 22 heavy (non-hydrogen) atoms. The minimum absolute atomic E-state index is 0. The fourth-order valence-corrected chi connectivity index (χ4v) is 1.88. The number of halogens is 2. The highest BCUT2D eigenvalue weighted by atomic mass is 35.5. The van der Waals surface area contributed by atoms with Crippen LogP contribution in [0.5, 0.6) is 5.75 Å².